The van der Waals surface area contributed by atoms with E-state index in [1.54, 1.807) is 24.3 Å². The zero-order chi connectivity index (χ0) is 20.8. The van der Waals surface area contributed by atoms with Gasteiger partial charge in [0.1, 0.15) is 0 Å². The molecule has 2 heterocycles. The van der Waals surface area contributed by atoms with E-state index in [0.717, 1.165) is 21.5 Å². The van der Waals surface area contributed by atoms with Gasteiger partial charge in [-0.15, -0.1) is 0 Å². The first kappa shape index (κ1) is 17.8. The third kappa shape index (κ3) is 2.82. The molecular weight excluding hydrogens is 384 g/mol. The van der Waals surface area contributed by atoms with Gasteiger partial charge in [-0.05, 0) is 45.8 Å². The number of esters is 4. The van der Waals surface area contributed by atoms with Crippen LogP contribution in [0.3, 0.4) is 0 Å². The number of rotatable bonds is 0. The minimum Gasteiger partial charge on any atom is -0.386 e. The van der Waals surface area contributed by atoms with E-state index < -0.39 is 23.9 Å². The average Bonchev–Trinajstić information content (AvgIpc) is 3.19. The van der Waals surface area contributed by atoms with Crippen molar-refractivity contribution in [2.75, 3.05) is 0 Å². The molecule has 0 radical (unpaired) electrons. The Labute approximate surface area is 169 Å². The van der Waals surface area contributed by atoms with E-state index in [2.05, 4.69) is 9.47 Å². The molecule has 30 heavy (non-hydrogen) atoms. The van der Waals surface area contributed by atoms with E-state index in [-0.39, 0.29) is 0 Å². The zero-order valence-corrected chi connectivity index (χ0v) is 15.4. The molecule has 0 N–H and O–H groups in total. The summed E-state index contributed by atoms with van der Waals surface area (Å²) in [5.41, 5.74) is 1.44. The molecule has 0 atom stereocenters. The summed E-state index contributed by atoms with van der Waals surface area (Å²) < 4.78 is 9.05. The summed E-state index contributed by atoms with van der Waals surface area (Å²) in [4.78, 5) is 45.1. The molecule has 0 fully saturated rings. The molecule has 0 saturated carbocycles. The molecule has 0 saturated heterocycles. The van der Waals surface area contributed by atoms with E-state index >= 15 is 0 Å². The van der Waals surface area contributed by atoms with Crippen molar-refractivity contribution in [3.8, 4) is 0 Å². The largest absolute Gasteiger partial charge is 0.386 e. The number of carbonyl (C=O) groups is 4. The van der Waals surface area contributed by atoms with Crippen LogP contribution < -0.4 is 0 Å². The van der Waals surface area contributed by atoms with E-state index in [4.69, 9.17) is 0 Å². The summed E-state index contributed by atoms with van der Waals surface area (Å²) >= 11 is 0. The molecule has 0 unspecified atom stereocenters. The Morgan fingerprint density at radius 1 is 0.400 bits per heavy atom. The number of fused-ring (bicyclic) bond motifs is 4. The van der Waals surface area contributed by atoms with Crippen molar-refractivity contribution in [2.24, 2.45) is 0 Å². The fourth-order valence-electron chi connectivity index (χ4n) is 3.54. The van der Waals surface area contributed by atoms with Crippen LogP contribution in [0, 0.1) is 0 Å². The van der Waals surface area contributed by atoms with Crippen molar-refractivity contribution in [3.63, 3.8) is 0 Å². The minimum absolute atomic E-state index is 0.360. The molecule has 0 aromatic heterocycles. The molecule has 0 aliphatic carbocycles. The molecular formula is C24H12O6. The first-order valence-electron chi connectivity index (χ1n) is 9.10. The molecule has 0 amide bonds. The normalized spacial score (nSPS) is 14.1. The van der Waals surface area contributed by atoms with Gasteiger partial charge in [0, 0.05) is 0 Å². The van der Waals surface area contributed by atoms with E-state index in [9.17, 15) is 19.2 Å². The van der Waals surface area contributed by atoms with Crippen LogP contribution in [0.4, 0.5) is 0 Å². The standard InChI is InChI=1S/2C12H6O3/c2*13-11-9-5-7-3-1-2-4-8(7)6-10(9)12(14)15-11/h2*1-6H. The van der Waals surface area contributed by atoms with Gasteiger partial charge in [0.2, 0.25) is 0 Å². The van der Waals surface area contributed by atoms with Crippen molar-refractivity contribution in [1.29, 1.82) is 0 Å². The number of cyclic esters (lactones) is 4. The van der Waals surface area contributed by atoms with Gasteiger partial charge < -0.3 is 9.47 Å². The van der Waals surface area contributed by atoms with Gasteiger partial charge in [0.05, 0.1) is 22.3 Å². The molecule has 0 spiro atoms. The van der Waals surface area contributed by atoms with Crippen LogP contribution in [0.1, 0.15) is 41.4 Å². The lowest BCUT2D eigenvalue weighted by atomic mass is 10.0. The zero-order valence-electron chi connectivity index (χ0n) is 15.4. The number of hydrogen-bond acceptors (Lipinski definition) is 6. The van der Waals surface area contributed by atoms with Crippen LogP contribution in [-0.4, -0.2) is 23.9 Å². The highest BCUT2D eigenvalue weighted by molar-refractivity contribution is 6.17. The van der Waals surface area contributed by atoms with E-state index in [0.29, 0.717) is 22.3 Å². The van der Waals surface area contributed by atoms with E-state index in [1.807, 2.05) is 48.5 Å². The fourth-order valence-corrected chi connectivity index (χ4v) is 3.54. The first-order chi connectivity index (χ1) is 14.5. The summed E-state index contributed by atoms with van der Waals surface area (Å²) in [6.45, 7) is 0. The van der Waals surface area contributed by atoms with Crippen molar-refractivity contribution in [3.05, 3.63) is 95.1 Å². The lowest BCUT2D eigenvalue weighted by molar-refractivity contribution is 0.0425. The molecule has 2 aliphatic rings. The van der Waals surface area contributed by atoms with Gasteiger partial charge in [-0.3, -0.25) is 0 Å². The predicted octanol–water partition coefficient (Wildman–Crippen LogP) is 4.30. The molecule has 2 aliphatic heterocycles. The Bertz CT molecular complexity index is 1200. The number of ether oxygens (including phenoxy) is 2. The highest BCUT2D eigenvalue weighted by Gasteiger charge is 2.30. The Hall–Kier alpha value is -4.32. The van der Waals surface area contributed by atoms with Gasteiger partial charge in [0.15, 0.2) is 0 Å². The smallest absolute Gasteiger partial charge is 0.346 e. The highest BCUT2D eigenvalue weighted by atomic mass is 16.6. The number of hydrogen-bond donors (Lipinski definition) is 0. The van der Waals surface area contributed by atoms with Crippen LogP contribution in [0.5, 0.6) is 0 Å². The lowest BCUT2D eigenvalue weighted by Crippen LogP contribution is -1.96. The van der Waals surface area contributed by atoms with Gasteiger partial charge in [-0.1, -0.05) is 48.5 Å². The van der Waals surface area contributed by atoms with Gasteiger partial charge in [-0.2, -0.15) is 0 Å². The molecule has 6 nitrogen and oxygen atoms in total. The summed E-state index contributed by atoms with van der Waals surface area (Å²) in [7, 11) is 0. The molecule has 4 aromatic carbocycles. The number of benzene rings is 4. The maximum atomic E-state index is 11.3. The summed E-state index contributed by atoms with van der Waals surface area (Å²) in [5, 5.41) is 3.73. The number of carbonyl (C=O) groups excluding carboxylic acids is 4. The van der Waals surface area contributed by atoms with Crippen molar-refractivity contribution in [2.45, 2.75) is 0 Å². The SMILES string of the molecule is O=C1OC(=O)c2cc3ccccc3cc21.O=C1OC(=O)c2cc3ccccc3cc21. The quantitative estimate of drug-likeness (QED) is 0.325. The molecule has 6 rings (SSSR count). The van der Waals surface area contributed by atoms with Crippen molar-refractivity contribution in [1.82, 2.24) is 0 Å². The maximum absolute atomic E-state index is 11.3. The van der Waals surface area contributed by atoms with Crippen LogP contribution in [0.15, 0.2) is 72.8 Å². The summed E-state index contributed by atoms with van der Waals surface area (Å²) in [6.07, 6.45) is 0. The third-order valence-electron chi connectivity index (χ3n) is 5.02. The third-order valence-corrected chi connectivity index (χ3v) is 5.02. The minimum atomic E-state index is -0.555. The lowest BCUT2D eigenvalue weighted by Gasteiger charge is -1.98. The monoisotopic (exact) mass is 396 g/mol. The first-order valence-corrected chi connectivity index (χ1v) is 9.10. The molecule has 4 aromatic rings. The van der Waals surface area contributed by atoms with Gasteiger partial charge in [-0.25, -0.2) is 19.2 Å². The predicted molar refractivity (Wildman–Crippen MR) is 107 cm³/mol. The van der Waals surface area contributed by atoms with Crippen LogP contribution in [0.25, 0.3) is 21.5 Å². The topological polar surface area (TPSA) is 86.7 Å². The van der Waals surface area contributed by atoms with Crippen molar-refractivity contribution < 1.29 is 28.7 Å². The molecule has 0 bridgehead atoms. The Morgan fingerprint density at radius 2 is 0.633 bits per heavy atom. The van der Waals surface area contributed by atoms with Crippen LogP contribution >= 0.6 is 0 Å². The molecule has 144 valence electrons. The second-order valence-corrected chi connectivity index (χ2v) is 6.84. The maximum Gasteiger partial charge on any atom is 0.346 e. The van der Waals surface area contributed by atoms with Crippen LogP contribution in [-0.2, 0) is 9.47 Å². The highest BCUT2D eigenvalue weighted by Crippen LogP contribution is 2.26. The molecule has 6 heteroatoms. The summed E-state index contributed by atoms with van der Waals surface area (Å²) in [5.74, 6) is -2.22. The van der Waals surface area contributed by atoms with Crippen molar-refractivity contribution >= 4 is 45.4 Å². The van der Waals surface area contributed by atoms with Gasteiger partial charge >= 0.3 is 23.9 Å². The van der Waals surface area contributed by atoms with E-state index in [1.165, 1.54) is 0 Å². The second kappa shape index (κ2) is 6.63. The average molecular weight is 396 g/mol. The Kier molecular flexibility index (Phi) is 3.93. The second-order valence-electron chi connectivity index (χ2n) is 6.84. The summed E-state index contributed by atoms with van der Waals surface area (Å²) in [6, 6.07) is 21.9. The fraction of sp³-hybridized carbons (Fsp3) is 0. The Morgan fingerprint density at radius 3 is 0.867 bits per heavy atom. The van der Waals surface area contributed by atoms with Crippen LogP contribution in [0.2, 0.25) is 0 Å². The van der Waals surface area contributed by atoms with Gasteiger partial charge in [0.25, 0.3) is 0 Å². The Balaban J connectivity index is 0.000000128.